The van der Waals surface area contributed by atoms with Crippen LogP contribution in [-0.2, 0) is 11.2 Å². The number of ether oxygens (including phenoxy) is 1. The molecule has 0 heterocycles. The smallest absolute Gasteiger partial charge is 0.257 e. The third kappa shape index (κ3) is 5.72. The highest BCUT2D eigenvalue weighted by atomic mass is 19.1. The van der Waals surface area contributed by atoms with Crippen molar-refractivity contribution >= 4 is 11.7 Å². The van der Waals surface area contributed by atoms with E-state index in [9.17, 15) is 18.4 Å². The molecule has 0 aliphatic carbocycles. The van der Waals surface area contributed by atoms with Crippen molar-refractivity contribution in [2.75, 3.05) is 13.2 Å². The molecule has 0 aromatic heterocycles. The Balaban J connectivity index is 1.46. The molecular weight excluding hydrogens is 376 g/mol. The van der Waals surface area contributed by atoms with Crippen molar-refractivity contribution in [3.05, 3.63) is 101 Å². The monoisotopic (exact) mass is 395 g/mol. The Labute approximate surface area is 167 Å². The average molecular weight is 395 g/mol. The summed E-state index contributed by atoms with van der Waals surface area (Å²) < 4.78 is 31.9. The summed E-state index contributed by atoms with van der Waals surface area (Å²) >= 11 is 0. The number of hydrogen-bond donors (Lipinski definition) is 1. The zero-order chi connectivity index (χ0) is 20.6. The van der Waals surface area contributed by atoms with E-state index < -0.39 is 5.82 Å². The molecule has 6 heteroatoms. The van der Waals surface area contributed by atoms with Crippen LogP contribution in [-0.4, -0.2) is 24.8 Å². The summed E-state index contributed by atoms with van der Waals surface area (Å²) in [5.41, 5.74) is 1.35. The number of ketones is 1. The molecule has 0 spiro atoms. The van der Waals surface area contributed by atoms with Crippen LogP contribution in [0, 0.1) is 11.6 Å². The fraction of sp³-hybridized carbons (Fsp3) is 0.130. The summed E-state index contributed by atoms with van der Waals surface area (Å²) in [7, 11) is 0. The van der Waals surface area contributed by atoms with Crippen LogP contribution in [0.2, 0.25) is 0 Å². The molecule has 4 nitrogen and oxygen atoms in total. The van der Waals surface area contributed by atoms with Gasteiger partial charge >= 0.3 is 0 Å². The quantitative estimate of drug-likeness (QED) is 0.588. The molecule has 148 valence electrons. The topological polar surface area (TPSA) is 55.4 Å². The number of nitrogens with one attached hydrogen (secondary N) is 1. The van der Waals surface area contributed by atoms with E-state index in [2.05, 4.69) is 5.32 Å². The predicted molar refractivity (Wildman–Crippen MR) is 105 cm³/mol. The van der Waals surface area contributed by atoms with E-state index in [-0.39, 0.29) is 24.1 Å². The zero-order valence-corrected chi connectivity index (χ0v) is 15.5. The van der Waals surface area contributed by atoms with Crippen LogP contribution in [0.25, 0.3) is 0 Å². The van der Waals surface area contributed by atoms with E-state index in [0.29, 0.717) is 35.4 Å². The second-order valence-electron chi connectivity index (χ2n) is 6.34. The molecule has 0 aliphatic heterocycles. The second kappa shape index (κ2) is 9.59. The molecule has 0 saturated heterocycles. The lowest BCUT2D eigenvalue weighted by Crippen LogP contribution is -2.30. The van der Waals surface area contributed by atoms with Gasteiger partial charge < -0.3 is 10.1 Å². The lowest BCUT2D eigenvalue weighted by molar-refractivity contribution is -0.123. The van der Waals surface area contributed by atoms with Crippen molar-refractivity contribution < 1.29 is 23.1 Å². The Morgan fingerprint density at radius 1 is 0.828 bits per heavy atom. The molecule has 1 N–H and O–H groups in total. The van der Waals surface area contributed by atoms with Gasteiger partial charge in [-0.25, -0.2) is 8.78 Å². The van der Waals surface area contributed by atoms with Crippen LogP contribution in [0.4, 0.5) is 8.78 Å². The van der Waals surface area contributed by atoms with Crippen LogP contribution in [0.1, 0.15) is 21.5 Å². The van der Waals surface area contributed by atoms with Gasteiger partial charge in [-0.05, 0) is 66.6 Å². The summed E-state index contributed by atoms with van der Waals surface area (Å²) in [4.78, 5) is 24.2. The van der Waals surface area contributed by atoms with E-state index in [1.165, 1.54) is 30.3 Å². The molecule has 0 bridgehead atoms. The number of halogens is 2. The summed E-state index contributed by atoms with van der Waals surface area (Å²) in [5.74, 6) is -0.828. The van der Waals surface area contributed by atoms with Crippen molar-refractivity contribution in [2.45, 2.75) is 6.42 Å². The third-order valence-electron chi connectivity index (χ3n) is 4.27. The first kappa shape index (κ1) is 20.2. The summed E-state index contributed by atoms with van der Waals surface area (Å²) in [6, 6.07) is 18.1. The first-order chi connectivity index (χ1) is 14.0. The van der Waals surface area contributed by atoms with Crippen molar-refractivity contribution in [3.63, 3.8) is 0 Å². The molecule has 0 radical (unpaired) electrons. The normalized spacial score (nSPS) is 10.4. The standard InChI is InChI=1S/C23H19F2NO3/c24-19-9-5-17(6-10-19)23(28)18-7-11-20(12-8-18)29-15-22(27)26-14-13-16-3-1-2-4-21(16)25/h1-12H,13-15H2,(H,26,27). The number of rotatable bonds is 8. The van der Waals surface area contributed by atoms with Crippen molar-refractivity contribution in [3.8, 4) is 5.75 Å². The summed E-state index contributed by atoms with van der Waals surface area (Å²) in [6.07, 6.45) is 0.388. The molecule has 0 saturated carbocycles. The highest BCUT2D eigenvalue weighted by Gasteiger charge is 2.10. The molecule has 3 aromatic carbocycles. The van der Waals surface area contributed by atoms with E-state index >= 15 is 0 Å². The van der Waals surface area contributed by atoms with Crippen LogP contribution < -0.4 is 10.1 Å². The van der Waals surface area contributed by atoms with Gasteiger partial charge in [0, 0.05) is 17.7 Å². The highest BCUT2D eigenvalue weighted by molar-refractivity contribution is 6.09. The van der Waals surface area contributed by atoms with Gasteiger partial charge in [0.2, 0.25) is 0 Å². The lowest BCUT2D eigenvalue weighted by atomic mass is 10.0. The van der Waals surface area contributed by atoms with Gasteiger partial charge in [0.05, 0.1) is 0 Å². The van der Waals surface area contributed by atoms with Gasteiger partial charge in [-0.2, -0.15) is 0 Å². The maximum Gasteiger partial charge on any atom is 0.257 e. The molecule has 3 rings (SSSR count). The summed E-state index contributed by atoms with van der Waals surface area (Å²) in [5, 5.41) is 2.67. The fourth-order valence-corrected chi connectivity index (χ4v) is 2.71. The number of carbonyl (C=O) groups is 2. The van der Waals surface area contributed by atoms with E-state index in [4.69, 9.17) is 4.74 Å². The van der Waals surface area contributed by atoms with Crippen LogP contribution in [0.5, 0.6) is 5.75 Å². The van der Waals surface area contributed by atoms with Crippen molar-refractivity contribution in [2.24, 2.45) is 0 Å². The Morgan fingerprint density at radius 3 is 2.10 bits per heavy atom. The zero-order valence-electron chi connectivity index (χ0n) is 15.5. The highest BCUT2D eigenvalue weighted by Crippen LogP contribution is 2.16. The molecule has 0 atom stereocenters. The van der Waals surface area contributed by atoms with Crippen LogP contribution >= 0.6 is 0 Å². The van der Waals surface area contributed by atoms with Gasteiger partial charge in [-0.1, -0.05) is 18.2 Å². The predicted octanol–water partition coefficient (Wildman–Crippen LogP) is 3.93. The second-order valence-corrected chi connectivity index (χ2v) is 6.34. The van der Waals surface area contributed by atoms with Gasteiger partial charge in [0.25, 0.3) is 5.91 Å². The molecule has 0 unspecified atom stereocenters. The number of amides is 1. The average Bonchev–Trinajstić information content (AvgIpc) is 2.74. The van der Waals surface area contributed by atoms with Crippen LogP contribution in [0.15, 0.2) is 72.8 Å². The Bertz CT molecular complexity index is 986. The first-order valence-corrected chi connectivity index (χ1v) is 9.06. The van der Waals surface area contributed by atoms with Gasteiger partial charge in [-0.3, -0.25) is 9.59 Å². The van der Waals surface area contributed by atoms with Gasteiger partial charge in [0.15, 0.2) is 12.4 Å². The van der Waals surface area contributed by atoms with Crippen molar-refractivity contribution in [1.29, 1.82) is 0 Å². The SMILES string of the molecule is O=C(COc1ccc(C(=O)c2ccc(F)cc2)cc1)NCCc1ccccc1F. The maximum absolute atomic E-state index is 13.5. The van der Waals surface area contributed by atoms with E-state index in [1.54, 1.807) is 42.5 Å². The van der Waals surface area contributed by atoms with E-state index in [1.807, 2.05) is 0 Å². The lowest BCUT2D eigenvalue weighted by Gasteiger charge is -2.09. The minimum Gasteiger partial charge on any atom is -0.484 e. The Morgan fingerprint density at radius 2 is 1.45 bits per heavy atom. The minimum absolute atomic E-state index is 0.192. The molecule has 0 aliphatic rings. The van der Waals surface area contributed by atoms with E-state index in [0.717, 1.165) is 0 Å². The van der Waals surface area contributed by atoms with Gasteiger partial charge in [0.1, 0.15) is 17.4 Å². The van der Waals surface area contributed by atoms with Gasteiger partial charge in [-0.15, -0.1) is 0 Å². The third-order valence-corrected chi connectivity index (χ3v) is 4.27. The largest absolute Gasteiger partial charge is 0.484 e. The number of carbonyl (C=O) groups excluding carboxylic acids is 2. The molecule has 3 aromatic rings. The fourth-order valence-electron chi connectivity index (χ4n) is 2.71. The summed E-state index contributed by atoms with van der Waals surface area (Å²) in [6.45, 7) is 0.108. The molecule has 0 fully saturated rings. The first-order valence-electron chi connectivity index (χ1n) is 9.06. The molecular formula is C23H19F2NO3. The number of hydrogen-bond acceptors (Lipinski definition) is 3. The van der Waals surface area contributed by atoms with Crippen molar-refractivity contribution in [1.82, 2.24) is 5.32 Å². The Hall–Kier alpha value is -3.54. The number of benzene rings is 3. The van der Waals surface area contributed by atoms with Crippen LogP contribution in [0.3, 0.4) is 0 Å². The maximum atomic E-state index is 13.5. The molecule has 29 heavy (non-hydrogen) atoms. The Kier molecular flexibility index (Phi) is 6.68. The minimum atomic E-state index is -0.405. The molecule has 1 amide bonds.